The van der Waals surface area contributed by atoms with Crippen molar-refractivity contribution in [1.29, 1.82) is 0 Å². The number of hydrogen-bond acceptors (Lipinski definition) is 4. The lowest BCUT2D eigenvalue weighted by atomic mass is 10.0. The monoisotopic (exact) mass is 360 g/mol. The van der Waals surface area contributed by atoms with E-state index < -0.39 is 0 Å². The van der Waals surface area contributed by atoms with Gasteiger partial charge in [0.25, 0.3) is 0 Å². The minimum Gasteiger partial charge on any atom is -0.464 e. The molecule has 0 spiro atoms. The van der Waals surface area contributed by atoms with Crippen LogP contribution in [0.3, 0.4) is 0 Å². The standard InChI is InChI=1S/C15H10BrFN4O/c16-11-7-18-14(21-8-19-20-15(11)21)4-1-9-10-5-6-22-13(10)3-2-12(9)17/h2-3,5-8H,1,4H2. The largest absolute Gasteiger partial charge is 0.464 e. The van der Waals surface area contributed by atoms with Crippen LogP contribution in [0.5, 0.6) is 0 Å². The quantitative estimate of drug-likeness (QED) is 0.560. The molecule has 4 aromatic rings. The van der Waals surface area contributed by atoms with Gasteiger partial charge in [0.05, 0.1) is 10.7 Å². The second-order valence-corrected chi connectivity index (χ2v) is 5.76. The highest BCUT2D eigenvalue weighted by molar-refractivity contribution is 9.10. The lowest BCUT2D eigenvalue weighted by molar-refractivity contribution is 0.600. The molecule has 0 saturated heterocycles. The van der Waals surface area contributed by atoms with E-state index in [0.29, 0.717) is 29.6 Å². The number of rotatable bonds is 3. The van der Waals surface area contributed by atoms with E-state index in [-0.39, 0.29) is 5.82 Å². The molecule has 0 aliphatic rings. The van der Waals surface area contributed by atoms with Crippen LogP contribution in [-0.2, 0) is 12.8 Å². The summed E-state index contributed by atoms with van der Waals surface area (Å²) < 4.78 is 22.0. The molecular weight excluding hydrogens is 351 g/mol. The van der Waals surface area contributed by atoms with E-state index >= 15 is 0 Å². The Kier molecular flexibility index (Phi) is 3.15. The fraction of sp³-hybridized carbons (Fsp3) is 0.133. The van der Waals surface area contributed by atoms with Gasteiger partial charge in [-0.1, -0.05) is 0 Å². The van der Waals surface area contributed by atoms with Crippen LogP contribution in [0.4, 0.5) is 4.39 Å². The van der Waals surface area contributed by atoms with E-state index in [0.717, 1.165) is 15.7 Å². The zero-order valence-corrected chi connectivity index (χ0v) is 12.9. The van der Waals surface area contributed by atoms with Crippen LogP contribution < -0.4 is 0 Å². The lowest BCUT2D eigenvalue weighted by Crippen LogP contribution is -2.04. The molecule has 0 unspecified atom stereocenters. The van der Waals surface area contributed by atoms with E-state index in [2.05, 4.69) is 31.1 Å². The number of fused-ring (bicyclic) bond motifs is 2. The number of nitrogens with zero attached hydrogens (tertiary/aromatic N) is 4. The zero-order chi connectivity index (χ0) is 15.1. The molecule has 5 nitrogen and oxygen atoms in total. The van der Waals surface area contributed by atoms with Crippen molar-refractivity contribution in [3.8, 4) is 0 Å². The lowest BCUT2D eigenvalue weighted by Gasteiger charge is -2.07. The second-order valence-electron chi connectivity index (χ2n) is 4.91. The Hall–Kier alpha value is -2.28. The zero-order valence-electron chi connectivity index (χ0n) is 11.3. The van der Waals surface area contributed by atoms with Gasteiger partial charge in [0.2, 0.25) is 0 Å². The Morgan fingerprint density at radius 3 is 3.05 bits per heavy atom. The fourth-order valence-electron chi connectivity index (χ4n) is 2.59. The third-order valence-corrected chi connectivity index (χ3v) is 4.21. The summed E-state index contributed by atoms with van der Waals surface area (Å²) in [5.74, 6) is 0.550. The normalized spacial score (nSPS) is 11.5. The van der Waals surface area contributed by atoms with Gasteiger partial charge in [-0.15, -0.1) is 10.2 Å². The van der Waals surface area contributed by atoms with Crippen molar-refractivity contribution >= 4 is 32.5 Å². The smallest absolute Gasteiger partial charge is 0.177 e. The summed E-state index contributed by atoms with van der Waals surface area (Å²) in [5.41, 5.74) is 2.03. The van der Waals surface area contributed by atoms with Gasteiger partial charge in [-0.3, -0.25) is 4.40 Å². The molecule has 110 valence electrons. The van der Waals surface area contributed by atoms with Crippen molar-refractivity contribution in [1.82, 2.24) is 19.6 Å². The Balaban J connectivity index is 1.72. The summed E-state index contributed by atoms with van der Waals surface area (Å²) in [6.45, 7) is 0. The van der Waals surface area contributed by atoms with Gasteiger partial charge in [-0.05, 0) is 46.1 Å². The molecule has 1 aromatic carbocycles. The summed E-state index contributed by atoms with van der Waals surface area (Å²) in [5, 5.41) is 8.72. The average Bonchev–Trinajstić information content (AvgIpc) is 3.17. The van der Waals surface area contributed by atoms with Crippen molar-refractivity contribution in [2.24, 2.45) is 0 Å². The third kappa shape index (κ3) is 2.09. The first-order valence-corrected chi connectivity index (χ1v) is 7.51. The molecule has 4 rings (SSSR count). The average molecular weight is 361 g/mol. The van der Waals surface area contributed by atoms with Crippen LogP contribution in [0, 0.1) is 5.82 Å². The molecule has 22 heavy (non-hydrogen) atoms. The molecule has 0 aliphatic carbocycles. The highest BCUT2D eigenvalue weighted by Crippen LogP contribution is 2.24. The third-order valence-electron chi connectivity index (χ3n) is 3.65. The molecule has 0 N–H and O–H groups in total. The van der Waals surface area contributed by atoms with E-state index in [1.54, 1.807) is 35.3 Å². The first-order chi connectivity index (χ1) is 10.7. The topological polar surface area (TPSA) is 56.2 Å². The minimum absolute atomic E-state index is 0.231. The number of benzene rings is 1. The number of aryl methyl sites for hydroxylation is 2. The highest BCUT2D eigenvalue weighted by atomic mass is 79.9. The summed E-state index contributed by atoms with van der Waals surface area (Å²) in [6.07, 6.45) is 5.96. The number of aromatic nitrogens is 4. The highest BCUT2D eigenvalue weighted by Gasteiger charge is 2.12. The van der Waals surface area contributed by atoms with E-state index in [9.17, 15) is 4.39 Å². The predicted octanol–water partition coefficient (Wildman–Crippen LogP) is 3.56. The molecule has 0 bridgehead atoms. The molecule has 0 radical (unpaired) electrons. The summed E-state index contributed by atoms with van der Waals surface area (Å²) >= 11 is 3.39. The van der Waals surface area contributed by atoms with Crippen LogP contribution in [0.2, 0.25) is 0 Å². The second kappa shape index (κ2) is 5.17. The summed E-state index contributed by atoms with van der Waals surface area (Å²) in [4.78, 5) is 4.38. The number of furan rings is 1. The molecule has 7 heteroatoms. The molecule has 0 fully saturated rings. The number of halogens is 2. The van der Waals surface area contributed by atoms with Gasteiger partial charge >= 0.3 is 0 Å². The molecule has 3 heterocycles. The van der Waals surface area contributed by atoms with Crippen molar-refractivity contribution < 1.29 is 8.81 Å². The van der Waals surface area contributed by atoms with Gasteiger partial charge in [-0.25, -0.2) is 9.37 Å². The molecular formula is C15H10BrFN4O. The maximum atomic E-state index is 14.1. The van der Waals surface area contributed by atoms with Crippen LogP contribution in [0.25, 0.3) is 16.6 Å². The molecule has 0 aliphatic heterocycles. The fourth-order valence-corrected chi connectivity index (χ4v) is 2.96. The van der Waals surface area contributed by atoms with Gasteiger partial charge in [0.15, 0.2) is 5.65 Å². The summed E-state index contributed by atoms with van der Waals surface area (Å²) in [7, 11) is 0. The Bertz CT molecular complexity index is 978. The molecule has 0 saturated carbocycles. The predicted molar refractivity (Wildman–Crippen MR) is 82.1 cm³/mol. The van der Waals surface area contributed by atoms with E-state index in [1.807, 2.05) is 0 Å². The Morgan fingerprint density at radius 1 is 1.23 bits per heavy atom. The van der Waals surface area contributed by atoms with E-state index in [4.69, 9.17) is 4.42 Å². The molecule has 3 aromatic heterocycles. The first-order valence-electron chi connectivity index (χ1n) is 6.72. The van der Waals surface area contributed by atoms with Crippen LogP contribution in [0.1, 0.15) is 11.4 Å². The maximum absolute atomic E-state index is 14.1. The van der Waals surface area contributed by atoms with Crippen molar-refractivity contribution in [3.05, 3.63) is 58.7 Å². The first kappa shape index (κ1) is 13.4. The Labute approximate surface area is 132 Å². The SMILES string of the molecule is Fc1ccc2occc2c1CCc1ncc(Br)c2nncn12. The number of hydrogen-bond donors (Lipinski definition) is 0. The van der Waals surface area contributed by atoms with Gasteiger partial charge < -0.3 is 4.42 Å². The van der Waals surface area contributed by atoms with Gasteiger partial charge in [0.1, 0.15) is 23.6 Å². The van der Waals surface area contributed by atoms with Gasteiger partial charge in [-0.2, -0.15) is 0 Å². The summed E-state index contributed by atoms with van der Waals surface area (Å²) in [6, 6.07) is 4.87. The van der Waals surface area contributed by atoms with Crippen LogP contribution in [-0.4, -0.2) is 19.6 Å². The maximum Gasteiger partial charge on any atom is 0.177 e. The molecule has 0 atom stereocenters. The van der Waals surface area contributed by atoms with Crippen molar-refractivity contribution in [2.75, 3.05) is 0 Å². The molecule has 0 amide bonds. The Morgan fingerprint density at radius 2 is 2.14 bits per heavy atom. The van der Waals surface area contributed by atoms with Crippen molar-refractivity contribution in [3.63, 3.8) is 0 Å². The van der Waals surface area contributed by atoms with Gasteiger partial charge in [0, 0.05) is 18.0 Å². The van der Waals surface area contributed by atoms with Crippen molar-refractivity contribution in [2.45, 2.75) is 12.8 Å². The van der Waals surface area contributed by atoms with Crippen LogP contribution >= 0.6 is 15.9 Å². The van der Waals surface area contributed by atoms with Crippen LogP contribution in [0.15, 0.2) is 45.9 Å². The van der Waals surface area contributed by atoms with E-state index in [1.165, 1.54) is 6.07 Å². The minimum atomic E-state index is -0.231.